The van der Waals surface area contributed by atoms with Gasteiger partial charge in [0.25, 0.3) is 0 Å². The van der Waals surface area contributed by atoms with Gasteiger partial charge in [-0.25, -0.2) is 0 Å². The zero-order valence-electron chi connectivity index (χ0n) is 14.7. The molecule has 118 valence electrons. The van der Waals surface area contributed by atoms with Crippen LogP contribution in [0.2, 0.25) is 0 Å². The molecule has 0 amide bonds. The second-order valence-corrected chi connectivity index (χ2v) is 8.16. The summed E-state index contributed by atoms with van der Waals surface area (Å²) in [5.74, 6) is 0. The van der Waals surface area contributed by atoms with E-state index in [0.717, 1.165) is 26.1 Å². The van der Waals surface area contributed by atoms with Crippen LogP contribution in [0, 0.1) is 5.41 Å². The minimum atomic E-state index is 0.213. The first-order valence-corrected chi connectivity index (χ1v) is 8.28. The van der Waals surface area contributed by atoms with Gasteiger partial charge in [-0.05, 0) is 36.8 Å². The number of hydrogen-bond acceptors (Lipinski definition) is 2. The Morgan fingerprint density at radius 3 is 2.24 bits per heavy atom. The molecule has 2 rings (SSSR count). The van der Waals surface area contributed by atoms with Crippen LogP contribution in [0.5, 0.6) is 0 Å². The summed E-state index contributed by atoms with van der Waals surface area (Å²) in [6, 6.07) is 9.68. The van der Waals surface area contributed by atoms with Crippen LogP contribution in [0.4, 0.5) is 0 Å². The first-order valence-electron chi connectivity index (χ1n) is 8.28. The fraction of sp³-hybridized carbons (Fsp3) is 0.684. The van der Waals surface area contributed by atoms with E-state index in [4.69, 9.17) is 0 Å². The van der Waals surface area contributed by atoms with Gasteiger partial charge in [0.2, 0.25) is 0 Å². The van der Waals surface area contributed by atoms with Crippen molar-refractivity contribution in [1.82, 2.24) is 10.2 Å². The van der Waals surface area contributed by atoms with Gasteiger partial charge in [0.1, 0.15) is 0 Å². The van der Waals surface area contributed by atoms with Gasteiger partial charge in [0.05, 0.1) is 0 Å². The third-order valence-corrected chi connectivity index (χ3v) is 4.89. The van der Waals surface area contributed by atoms with Gasteiger partial charge in [-0.3, -0.25) is 4.90 Å². The van der Waals surface area contributed by atoms with Crippen LogP contribution in [-0.2, 0) is 13.0 Å². The highest BCUT2D eigenvalue weighted by Crippen LogP contribution is 2.28. The highest BCUT2D eigenvalue weighted by atomic mass is 15.3. The Kier molecular flexibility index (Phi) is 4.79. The van der Waals surface area contributed by atoms with E-state index in [1.807, 2.05) is 0 Å². The van der Waals surface area contributed by atoms with E-state index in [2.05, 4.69) is 76.0 Å². The normalized spacial score (nSPS) is 23.2. The lowest BCUT2D eigenvalue weighted by Gasteiger charge is -2.49. The van der Waals surface area contributed by atoms with Crippen LogP contribution in [-0.4, -0.2) is 29.6 Å². The summed E-state index contributed by atoms with van der Waals surface area (Å²) in [4.78, 5) is 2.64. The molecule has 1 aliphatic rings. The van der Waals surface area contributed by atoms with Crippen LogP contribution in [0.15, 0.2) is 24.3 Å². The van der Waals surface area contributed by atoms with Gasteiger partial charge in [0.15, 0.2) is 0 Å². The van der Waals surface area contributed by atoms with Crippen molar-refractivity contribution in [1.29, 1.82) is 0 Å². The van der Waals surface area contributed by atoms with E-state index in [9.17, 15) is 0 Å². The van der Waals surface area contributed by atoms with E-state index in [0.29, 0.717) is 11.5 Å². The Bertz CT molecular complexity index is 453. The van der Waals surface area contributed by atoms with E-state index in [1.165, 1.54) is 11.1 Å². The van der Waals surface area contributed by atoms with Crippen molar-refractivity contribution in [3.8, 4) is 0 Å². The van der Waals surface area contributed by atoms with E-state index in [1.54, 1.807) is 0 Å². The van der Waals surface area contributed by atoms with Crippen LogP contribution in [0.1, 0.15) is 52.7 Å². The second kappa shape index (κ2) is 6.10. The Balaban J connectivity index is 2.10. The number of hydrogen-bond donors (Lipinski definition) is 1. The van der Waals surface area contributed by atoms with Gasteiger partial charge < -0.3 is 5.32 Å². The van der Waals surface area contributed by atoms with Crippen molar-refractivity contribution in [2.45, 2.75) is 66.1 Å². The first kappa shape index (κ1) is 16.5. The molecule has 1 N–H and O–H groups in total. The summed E-state index contributed by atoms with van der Waals surface area (Å²) < 4.78 is 0. The lowest BCUT2D eigenvalue weighted by atomic mass is 9.82. The lowest BCUT2D eigenvalue weighted by Crippen LogP contribution is -2.64. The van der Waals surface area contributed by atoms with Crippen molar-refractivity contribution in [3.05, 3.63) is 35.4 Å². The second-order valence-electron chi connectivity index (χ2n) is 8.16. The summed E-state index contributed by atoms with van der Waals surface area (Å²) >= 11 is 0. The third kappa shape index (κ3) is 4.08. The SMILES string of the molecule is CCc1ccc(CN2CC(C(C)(C)C)NCC2(C)C)cc1. The largest absolute Gasteiger partial charge is 0.310 e. The minimum absolute atomic E-state index is 0.213. The molecule has 1 atom stereocenters. The molecule has 1 aliphatic heterocycles. The van der Waals surface area contributed by atoms with Gasteiger partial charge >= 0.3 is 0 Å². The average molecular weight is 288 g/mol. The summed E-state index contributed by atoms with van der Waals surface area (Å²) in [7, 11) is 0. The third-order valence-electron chi connectivity index (χ3n) is 4.89. The van der Waals surface area contributed by atoms with E-state index >= 15 is 0 Å². The number of piperazine rings is 1. The van der Waals surface area contributed by atoms with Crippen LogP contribution in [0.25, 0.3) is 0 Å². The quantitative estimate of drug-likeness (QED) is 0.909. The molecule has 1 fully saturated rings. The average Bonchev–Trinajstić information content (AvgIpc) is 2.40. The molecule has 1 aromatic carbocycles. The number of nitrogens with zero attached hydrogens (tertiary/aromatic N) is 1. The molecule has 0 aliphatic carbocycles. The molecule has 2 nitrogen and oxygen atoms in total. The standard InChI is InChI=1S/C19H32N2/c1-7-15-8-10-16(11-9-15)12-21-13-17(18(2,3)4)20-14-19(21,5)6/h8-11,17,20H,7,12-14H2,1-6H3. The van der Waals surface area contributed by atoms with Crippen molar-refractivity contribution in [2.24, 2.45) is 5.41 Å². The predicted molar refractivity (Wildman–Crippen MR) is 91.6 cm³/mol. The molecule has 0 radical (unpaired) electrons. The molecule has 2 heteroatoms. The highest BCUT2D eigenvalue weighted by Gasteiger charge is 2.38. The van der Waals surface area contributed by atoms with Crippen LogP contribution < -0.4 is 5.32 Å². The summed E-state index contributed by atoms with van der Waals surface area (Å²) in [5, 5.41) is 3.74. The molecule has 0 spiro atoms. The summed E-state index contributed by atoms with van der Waals surface area (Å²) in [6.45, 7) is 17.1. The maximum absolute atomic E-state index is 3.74. The Hall–Kier alpha value is -0.860. The molecular formula is C19H32N2. The molecule has 1 aromatic rings. The molecule has 1 heterocycles. The smallest absolute Gasteiger partial charge is 0.0281 e. The van der Waals surface area contributed by atoms with Crippen molar-refractivity contribution in [3.63, 3.8) is 0 Å². The van der Waals surface area contributed by atoms with Crippen molar-refractivity contribution >= 4 is 0 Å². The molecule has 0 aromatic heterocycles. The Morgan fingerprint density at radius 2 is 1.71 bits per heavy atom. The fourth-order valence-electron chi connectivity index (χ4n) is 2.98. The molecule has 1 saturated heterocycles. The molecule has 0 bridgehead atoms. The van der Waals surface area contributed by atoms with Gasteiger partial charge in [-0.2, -0.15) is 0 Å². The van der Waals surface area contributed by atoms with E-state index < -0.39 is 0 Å². The van der Waals surface area contributed by atoms with Crippen molar-refractivity contribution in [2.75, 3.05) is 13.1 Å². The topological polar surface area (TPSA) is 15.3 Å². The monoisotopic (exact) mass is 288 g/mol. The first-order chi connectivity index (χ1) is 9.72. The maximum Gasteiger partial charge on any atom is 0.0281 e. The molecule has 0 saturated carbocycles. The van der Waals surface area contributed by atoms with Gasteiger partial charge in [-0.1, -0.05) is 52.0 Å². The summed E-state index contributed by atoms with van der Waals surface area (Å²) in [6.07, 6.45) is 1.12. The van der Waals surface area contributed by atoms with Crippen LogP contribution >= 0.6 is 0 Å². The highest BCUT2D eigenvalue weighted by molar-refractivity contribution is 5.22. The van der Waals surface area contributed by atoms with Gasteiger partial charge in [0, 0.05) is 31.2 Å². The van der Waals surface area contributed by atoms with Crippen LogP contribution in [0.3, 0.4) is 0 Å². The molecular weight excluding hydrogens is 256 g/mol. The van der Waals surface area contributed by atoms with Crippen molar-refractivity contribution < 1.29 is 0 Å². The Morgan fingerprint density at radius 1 is 1.14 bits per heavy atom. The number of benzene rings is 1. The summed E-state index contributed by atoms with van der Waals surface area (Å²) in [5.41, 5.74) is 3.37. The Labute approximate surface area is 130 Å². The number of rotatable bonds is 3. The lowest BCUT2D eigenvalue weighted by molar-refractivity contribution is 0.0295. The minimum Gasteiger partial charge on any atom is -0.310 e. The maximum atomic E-state index is 3.74. The predicted octanol–water partition coefficient (Wildman–Crippen LogP) is 3.85. The number of nitrogens with one attached hydrogen (secondary N) is 1. The molecule has 1 unspecified atom stereocenters. The number of aryl methyl sites for hydroxylation is 1. The van der Waals surface area contributed by atoms with Gasteiger partial charge in [-0.15, -0.1) is 0 Å². The zero-order chi connectivity index (χ0) is 15.7. The zero-order valence-corrected chi connectivity index (χ0v) is 14.7. The fourth-order valence-corrected chi connectivity index (χ4v) is 2.98. The molecule has 21 heavy (non-hydrogen) atoms. The van der Waals surface area contributed by atoms with E-state index in [-0.39, 0.29) is 5.54 Å².